The lowest BCUT2D eigenvalue weighted by molar-refractivity contribution is 0.102. The normalized spacial score (nSPS) is 17.4. The maximum absolute atomic E-state index is 12.7. The Morgan fingerprint density at radius 1 is 1.20 bits per heavy atom. The van der Waals surface area contributed by atoms with Gasteiger partial charge in [0.25, 0.3) is 5.91 Å². The highest BCUT2D eigenvalue weighted by atomic mass is 16.1. The van der Waals surface area contributed by atoms with Crippen LogP contribution in [0, 0.1) is 0 Å². The summed E-state index contributed by atoms with van der Waals surface area (Å²) in [4.78, 5) is 15.0. The summed E-state index contributed by atoms with van der Waals surface area (Å²) in [6.45, 7) is 5.36. The molecule has 1 fully saturated rings. The molecular formula is C21H27N3O. The van der Waals surface area contributed by atoms with E-state index in [-0.39, 0.29) is 5.91 Å². The number of benzene rings is 2. The highest BCUT2D eigenvalue weighted by molar-refractivity contribution is 6.06. The average Bonchev–Trinajstić information content (AvgIpc) is 2.63. The molecule has 1 heterocycles. The molecule has 132 valence electrons. The summed E-state index contributed by atoms with van der Waals surface area (Å²) in [6.07, 6.45) is 4.59. The number of amides is 1. The number of carbonyl (C=O) groups is 1. The minimum absolute atomic E-state index is 0.0980. The number of anilines is 3. The molecule has 0 bridgehead atoms. The molecule has 2 aromatic carbocycles. The van der Waals surface area contributed by atoms with Gasteiger partial charge in [0.15, 0.2) is 0 Å². The minimum Gasteiger partial charge on any atom is -0.399 e. The van der Waals surface area contributed by atoms with Crippen LogP contribution in [-0.2, 0) is 6.42 Å². The van der Waals surface area contributed by atoms with Gasteiger partial charge in [-0.15, -0.1) is 0 Å². The van der Waals surface area contributed by atoms with E-state index in [2.05, 4.69) is 24.1 Å². The SMILES string of the molecule is CCc1ccc(C(=O)Nc2cc(N)ccc2N2CCCC[C@H]2C)cc1. The van der Waals surface area contributed by atoms with Crippen LogP contribution < -0.4 is 16.0 Å². The third-order valence-electron chi connectivity index (χ3n) is 5.01. The highest BCUT2D eigenvalue weighted by Crippen LogP contribution is 2.33. The van der Waals surface area contributed by atoms with E-state index in [1.54, 1.807) is 0 Å². The first-order chi connectivity index (χ1) is 12.1. The summed E-state index contributed by atoms with van der Waals surface area (Å²) in [5.74, 6) is -0.0980. The molecule has 0 radical (unpaired) electrons. The number of nitrogen functional groups attached to an aromatic ring is 1. The number of hydrogen-bond acceptors (Lipinski definition) is 3. The molecular weight excluding hydrogens is 310 g/mol. The third kappa shape index (κ3) is 3.95. The standard InChI is InChI=1S/C21H27N3O/c1-3-16-7-9-17(10-8-16)21(25)23-19-14-18(22)11-12-20(19)24-13-5-4-6-15(24)2/h7-12,14-15H,3-6,13,22H2,1-2H3,(H,23,25)/t15-/m1/s1. The van der Waals surface area contributed by atoms with Gasteiger partial charge in [-0.2, -0.15) is 0 Å². The predicted molar refractivity (Wildman–Crippen MR) is 105 cm³/mol. The molecule has 1 aliphatic heterocycles. The van der Waals surface area contributed by atoms with Crippen LogP contribution >= 0.6 is 0 Å². The molecule has 0 unspecified atom stereocenters. The second-order valence-electron chi connectivity index (χ2n) is 6.82. The maximum atomic E-state index is 12.7. The van der Waals surface area contributed by atoms with Crippen molar-refractivity contribution in [2.75, 3.05) is 22.5 Å². The summed E-state index contributed by atoms with van der Waals surface area (Å²) < 4.78 is 0. The van der Waals surface area contributed by atoms with Crippen LogP contribution in [0.15, 0.2) is 42.5 Å². The second kappa shape index (κ2) is 7.60. The molecule has 25 heavy (non-hydrogen) atoms. The first kappa shape index (κ1) is 17.3. The number of rotatable bonds is 4. The summed E-state index contributed by atoms with van der Waals surface area (Å²) >= 11 is 0. The van der Waals surface area contributed by atoms with Crippen molar-refractivity contribution in [2.24, 2.45) is 0 Å². The number of nitrogens with zero attached hydrogens (tertiary/aromatic N) is 1. The van der Waals surface area contributed by atoms with E-state index < -0.39 is 0 Å². The Balaban J connectivity index is 1.85. The lowest BCUT2D eigenvalue weighted by atomic mass is 10.0. The topological polar surface area (TPSA) is 58.4 Å². The fourth-order valence-electron chi connectivity index (χ4n) is 3.45. The largest absolute Gasteiger partial charge is 0.399 e. The molecule has 0 spiro atoms. The zero-order valence-electron chi connectivity index (χ0n) is 15.1. The van der Waals surface area contributed by atoms with E-state index in [0.29, 0.717) is 17.3 Å². The van der Waals surface area contributed by atoms with Crippen LogP contribution in [0.3, 0.4) is 0 Å². The van der Waals surface area contributed by atoms with Crippen molar-refractivity contribution in [3.05, 3.63) is 53.6 Å². The molecule has 1 amide bonds. The first-order valence-corrected chi connectivity index (χ1v) is 9.15. The Labute approximate surface area is 150 Å². The van der Waals surface area contributed by atoms with Crippen molar-refractivity contribution in [1.82, 2.24) is 0 Å². The van der Waals surface area contributed by atoms with E-state index in [1.807, 2.05) is 42.5 Å². The molecule has 1 aliphatic rings. The first-order valence-electron chi connectivity index (χ1n) is 9.15. The molecule has 3 rings (SSSR count). The van der Waals surface area contributed by atoms with Gasteiger partial charge in [-0.3, -0.25) is 4.79 Å². The molecule has 1 saturated heterocycles. The lowest BCUT2D eigenvalue weighted by Crippen LogP contribution is -2.38. The third-order valence-corrected chi connectivity index (χ3v) is 5.01. The highest BCUT2D eigenvalue weighted by Gasteiger charge is 2.22. The monoisotopic (exact) mass is 337 g/mol. The molecule has 4 nitrogen and oxygen atoms in total. The quantitative estimate of drug-likeness (QED) is 0.810. The fraction of sp³-hybridized carbons (Fsp3) is 0.381. The number of carbonyl (C=O) groups excluding carboxylic acids is 1. The number of piperidine rings is 1. The Hall–Kier alpha value is -2.49. The van der Waals surface area contributed by atoms with Crippen molar-refractivity contribution < 1.29 is 4.79 Å². The number of aryl methyl sites for hydroxylation is 1. The van der Waals surface area contributed by atoms with E-state index in [1.165, 1.54) is 24.8 Å². The van der Waals surface area contributed by atoms with Crippen LogP contribution in [0.5, 0.6) is 0 Å². The molecule has 0 aliphatic carbocycles. The van der Waals surface area contributed by atoms with Crippen LogP contribution in [0.4, 0.5) is 17.1 Å². The van der Waals surface area contributed by atoms with Crippen LogP contribution in [0.1, 0.15) is 49.0 Å². The van der Waals surface area contributed by atoms with Crippen LogP contribution in [-0.4, -0.2) is 18.5 Å². The number of hydrogen-bond donors (Lipinski definition) is 2. The minimum atomic E-state index is -0.0980. The van der Waals surface area contributed by atoms with Crippen LogP contribution in [0.2, 0.25) is 0 Å². The Morgan fingerprint density at radius 3 is 2.64 bits per heavy atom. The average molecular weight is 337 g/mol. The van der Waals surface area contributed by atoms with E-state index in [4.69, 9.17) is 5.73 Å². The van der Waals surface area contributed by atoms with Crippen LogP contribution in [0.25, 0.3) is 0 Å². The smallest absolute Gasteiger partial charge is 0.255 e. The summed E-state index contributed by atoms with van der Waals surface area (Å²) in [5, 5.41) is 3.06. The van der Waals surface area contributed by atoms with Gasteiger partial charge in [0.05, 0.1) is 11.4 Å². The Kier molecular flexibility index (Phi) is 5.27. The van der Waals surface area contributed by atoms with E-state index in [9.17, 15) is 4.79 Å². The van der Waals surface area contributed by atoms with E-state index in [0.717, 1.165) is 24.3 Å². The molecule has 0 saturated carbocycles. The van der Waals surface area contributed by atoms with Gasteiger partial charge in [-0.05, 0) is 68.5 Å². The van der Waals surface area contributed by atoms with Crippen molar-refractivity contribution >= 4 is 23.0 Å². The zero-order valence-corrected chi connectivity index (χ0v) is 15.1. The van der Waals surface area contributed by atoms with Crippen molar-refractivity contribution in [3.8, 4) is 0 Å². The lowest BCUT2D eigenvalue weighted by Gasteiger charge is -2.36. The molecule has 0 aromatic heterocycles. The Morgan fingerprint density at radius 2 is 1.96 bits per heavy atom. The molecule has 4 heteroatoms. The second-order valence-corrected chi connectivity index (χ2v) is 6.82. The maximum Gasteiger partial charge on any atom is 0.255 e. The number of nitrogens with two attached hydrogens (primary N) is 1. The van der Waals surface area contributed by atoms with Gasteiger partial charge in [-0.25, -0.2) is 0 Å². The van der Waals surface area contributed by atoms with Gasteiger partial charge < -0.3 is 16.0 Å². The van der Waals surface area contributed by atoms with Gasteiger partial charge in [0, 0.05) is 23.8 Å². The number of nitrogens with one attached hydrogen (secondary N) is 1. The van der Waals surface area contributed by atoms with Crippen molar-refractivity contribution in [2.45, 2.75) is 45.6 Å². The molecule has 1 atom stereocenters. The molecule has 3 N–H and O–H groups in total. The zero-order chi connectivity index (χ0) is 17.8. The van der Waals surface area contributed by atoms with Gasteiger partial charge in [-0.1, -0.05) is 19.1 Å². The molecule has 2 aromatic rings. The Bertz CT molecular complexity index is 739. The predicted octanol–water partition coefficient (Wildman–Crippen LogP) is 4.46. The van der Waals surface area contributed by atoms with Crippen molar-refractivity contribution in [3.63, 3.8) is 0 Å². The van der Waals surface area contributed by atoms with E-state index >= 15 is 0 Å². The van der Waals surface area contributed by atoms with Gasteiger partial charge in [0.2, 0.25) is 0 Å². The summed E-state index contributed by atoms with van der Waals surface area (Å²) in [7, 11) is 0. The fourth-order valence-corrected chi connectivity index (χ4v) is 3.45. The summed E-state index contributed by atoms with van der Waals surface area (Å²) in [5.41, 5.74) is 10.4. The van der Waals surface area contributed by atoms with Gasteiger partial charge >= 0.3 is 0 Å². The van der Waals surface area contributed by atoms with Gasteiger partial charge in [0.1, 0.15) is 0 Å². The van der Waals surface area contributed by atoms with Crippen molar-refractivity contribution in [1.29, 1.82) is 0 Å². The summed E-state index contributed by atoms with van der Waals surface area (Å²) in [6, 6.07) is 14.0.